The predicted octanol–water partition coefficient (Wildman–Crippen LogP) is 8.08. The second-order valence-corrected chi connectivity index (χ2v) is 8.08. The van der Waals surface area contributed by atoms with Crippen LogP contribution in [-0.4, -0.2) is 29.9 Å². The van der Waals surface area contributed by atoms with Gasteiger partial charge in [-0.05, 0) is 30.8 Å². The van der Waals surface area contributed by atoms with E-state index in [1.807, 2.05) is 11.8 Å². The van der Waals surface area contributed by atoms with Crippen LogP contribution >= 0.6 is 23.5 Å². The summed E-state index contributed by atoms with van der Waals surface area (Å²) in [4.78, 5) is 0. The molecule has 0 aliphatic heterocycles. The maximum absolute atomic E-state index is 12.7. The molecule has 0 amide bonds. The van der Waals surface area contributed by atoms with Gasteiger partial charge in [0, 0.05) is 11.7 Å². The Hall–Kier alpha value is 0.0900. The Morgan fingerprint density at radius 1 is 0.760 bits per heavy atom. The van der Waals surface area contributed by atoms with E-state index in [9.17, 15) is 22.0 Å². The number of halogens is 5. The summed E-state index contributed by atoms with van der Waals surface area (Å²) in [7, 11) is 0. The van der Waals surface area contributed by atoms with E-state index >= 15 is 0 Å². The molecule has 1 atom stereocenters. The van der Waals surface area contributed by atoms with Crippen molar-refractivity contribution in [2.24, 2.45) is 0 Å². The molecule has 0 aliphatic rings. The zero-order valence-corrected chi connectivity index (χ0v) is 16.8. The Morgan fingerprint density at radius 3 is 1.68 bits per heavy atom. The van der Waals surface area contributed by atoms with E-state index in [0.29, 0.717) is 11.7 Å². The molecule has 150 valence electrons. The van der Waals surface area contributed by atoms with Gasteiger partial charge >= 0.3 is 12.1 Å². The third-order valence-electron chi connectivity index (χ3n) is 4.13. The van der Waals surface area contributed by atoms with Crippen molar-refractivity contribution >= 4 is 23.5 Å². The average molecular weight is 407 g/mol. The van der Waals surface area contributed by atoms with Crippen molar-refractivity contribution in [3.8, 4) is 0 Å². The molecular formula is C18H31F5S2. The number of thioether (sulfide) groups is 2. The van der Waals surface area contributed by atoms with Gasteiger partial charge in [-0.2, -0.15) is 33.7 Å². The van der Waals surface area contributed by atoms with Gasteiger partial charge in [0.25, 0.3) is 0 Å². The van der Waals surface area contributed by atoms with Gasteiger partial charge in [0.15, 0.2) is 0 Å². The fraction of sp³-hybridized carbons (Fsp3) is 0.889. The summed E-state index contributed by atoms with van der Waals surface area (Å²) in [6, 6.07) is 0. The van der Waals surface area contributed by atoms with Gasteiger partial charge < -0.3 is 0 Å². The van der Waals surface area contributed by atoms with Crippen molar-refractivity contribution < 1.29 is 22.0 Å². The second kappa shape index (κ2) is 14.2. The second-order valence-electron chi connectivity index (χ2n) is 6.26. The summed E-state index contributed by atoms with van der Waals surface area (Å²) in [5, 5.41) is 2.72. The van der Waals surface area contributed by atoms with E-state index in [4.69, 9.17) is 0 Å². The summed E-state index contributed by atoms with van der Waals surface area (Å²) >= 11 is 3.58. The van der Waals surface area contributed by atoms with Crippen molar-refractivity contribution in [2.75, 3.05) is 12.5 Å². The zero-order chi connectivity index (χ0) is 19.2. The smallest absolute Gasteiger partial charge is 0.196 e. The van der Waals surface area contributed by atoms with Gasteiger partial charge in [-0.3, -0.25) is 0 Å². The van der Waals surface area contributed by atoms with Gasteiger partial charge in [0.1, 0.15) is 0 Å². The highest BCUT2D eigenvalue weighted by Crippen LogP contribution is 2.39. The Labute approximate surface area is 157 Å². The summed E-state index contributed by atoms with van der Waals surface area (Å²) in [6.07, 6.45) is 8.87. The van der Waals surface area contributed by atoms with Crippen LogP contribution in [-0.2, 0) is 0 Å². The molecule has 0 fully saturated rings. The number of hydrogen-bond donors (Lipinski definition) is 0. The third kappa shape index (κ3) is 13.0. The predicted molar refractivity (Wildman–Crippen MR) is 102 cm³/mol. The first kappa shape index (κ1) is 25.1. The molecule has 0 aromatic carbocycles. The Balaban J connectivity index is 3.47. The molecule has 0 saturated heterocycles. The number of alkyl halides is 5. The number of rotatable bonds is 15. The molecule has 0 saturated carbocycles. The summed E-state index contributed by atoms with van der Waals surface area (Å²) < 4.78 is 61.4. The molecule has 0 aromatic heterocycles. The number of hydrogen-bond acceptors (Lipinski definition) is 2. The van der Waals surface area contributed by atoms with E-state index in [1.54, 1.807) is 11.8 Å². The first-order valence-electron chi connectivity index (χ1n) is 8.91. The SMILES string of the molecule is CS/C=C/C(CCCCCCCCCCCC(F)(F)C(F)(F)F)SC. The quantitative estimate of drug-likeness (QED) is 0.199. The molecule has 0 nitrogen and oxygen atoms in total. The van der Waals surface area contributed by atoms with Crippen LogP contribution in [0.5, 0.6) is 0 Å². The first-order valence-corrected chi connectivity index (χ1v) is 11.5. The lowest BCUT2D eigenvalue weighted by atomic mass is 10.0. The lowest BCUT2D eigenvalue weighted by Gasteiger charge is -2.19. The van der Waals surface area contributed by atoms with Crippen LogP contribution in [0.25, 0.3) is 0 Å². The molecule has 0 aliphatic carbocycles. The van der Waals surface area contributed by atoms with E-state index < -0.39 is 18.5 Å². The molecule has 0 N–H and O–H groups in total. The van der Waals surface area contributed by atoms with Crippen molar-refractivity contribution in [1.82, 2.24) is 0 Å². The van der Waals surface area contributed by atoms with E-state index in [0.717, 1.165) is 25.7 Å². The molecule has 25 heavy (non-hydrogen) atoms. The van der Waals surface area contributed by atoms with Crippen molar-refractivity contribution in [3.63, 3.8) is 0 Å². The molecule has 0 bridgehead atoms. The lowest BCUT2D eigenvalue weighted by molar-refractivity contribution is -0.284. The van der Waals surface area contributed by atoms with Crippen LogP contribution in [0, 0.1) is 0 Å². The fourth-order valence-corrected chi connectivity index (χ4v) is 3.61. The standard InChI is InChI=1S/C18H31F5S2/c1-24-15-13-16(25-2)12-10-8-6-4-3-5-7-9-11-14-17(19,20)18(21,22)23/h13,15-16H,3-12,14H2,1-2H3/b15-13+. The van der Waals surface area contributed by atoms with Gasteiger partial charge in [0.05, 0.1) is 0 Å². The van der Waals surface area contributed by atoms with Gasteiger partial charge in [-0.1, -0.05) is 57.4 Å². The van der Waals surface area contributed by atoms with Crippen molar-refractivity contribution in [1.29, 1.82) is 0 Å². The summed E-state index contributed by atoms with van der Waals surface area (Å²) in [5.74, 6) is -4.54. The Morgan fingerprint density at radius 2 is 1.24 bits per heavy atom. The molecule has 0 heterocycles. The minimum atomic E-state index is -5.41. The maximum atomic E-state index is 12.7. The Bertz CT molecular complexity index is 343. The van der Waals surface area contributed by atoms with Crippen molar-refractivity contribution in [3.05, 3.63) is 11.5 Å². The van der Waals surface area contributed by atoms with E-state index in [-0.39, 0.29) is 6.42 Å². The molecular weight excluding hydrogens is 375 g/mol. The minimum Gasteiger partial charge on any atom is -0.196 e. The molecule has 7 heteroatoms. The third-order valence-corrected chi connectivity index (χ3v) is 5.55. The van der Waals surface area contributed by atoms with E-state index in [2.05, 4.69) is 24.0 Å². The molecule has 1 unspecified atom stereocenters. The van der Waals surface area contributed by atoms with Gasteiger partial charge in [-0.15, -0.1) is 11.8 Å². The fourth-order valence-electron chi connectivity index (χ4n) is 2.53. The molecule has 0 aromatic rings. The van der Waals surface area contributed by atoms with Crippen LogP contribution in [0.1, 0.15) is 70.6 Å². The molecule has 0 spiro atoms. The highest BCUT2D eigenvalue weighted by Gasteiger charge is 2.56. The summed E-state index contributed by atoms with van der Waals surface area (Å²) in [5.41, 5.74) is 0. The number of unbranched alkanes of at least 4 members (excludes halogenated alkanes) is 8. The Kier molecular flexibility index (Phi) is 14.2. The van der Waals surface area contributed by atoms with E-state index in [1.165, 1.54) is 25.7 Å². The molecule has 0 rings (SSSR count). The van der Waals surface area contributed by atoms with Gasteiger partial charge in [0.2, 0.25) is 0 Å². The van der Waals surface area contributed by atoms with Gasteiger partial charge in [-0.25, -0.2) is 0 Å². The maximum Gasteiger partial charge on any atom is 0.453 e. The molecule has 0 radical (unpaired) electrons. The largest absolute Gasteiger partial charge is 0.453 e. The monoisotopic (exact) mass is 406 g/mol. The van der Waals surface area contributed by atoms with Crippen LogP contribution in [0.3, 0.4) is 0 Å². The normalized spacial score (nSPS) is 14.4. The van der Waals surface area contributed by atoms with Crippen LogP contribution in [0.15, 0.2) is 11.5 Å². The highest BCUT2D eigenvalue weighted by atomic mass is 32.2. The lowest BCUT2D eigenvalue weighted by Crippen LogP contribution is -2.36. The topological polar surface area (TPSA) is 0 Å². The van der Waals surface area contributed by atoms with Crippen LogP contribution in [0.4, 0.5) is 22.0 Å². The van der Waals surface area contributed by atoms with Crippen LogP contribution < -0.4 is 0 Å². The summed E-state index contributed by atoms with van der Waals surface area (Å²) in [6.45, 7) is 0. The minimum absolute atomic E-state index is 0.0633. The zero-order valence-electron chi connectivity index (χ0n) is 15.2. The van der Waals surface area contributed by atoms with Crippen LogP contribution in [0.2, 0.25) is 0 Å². The van der Waals surface area contributed by atoms with Crippen molar-refractivity contribution in [2.45, 2.75) is 88.0 Å². The highest BCUT2D eigenvalue weighted by molar-refractivity contribution is 8.01. The average Bonchev–Trinajstić information content (AvgIpc) is 2.54. The first-order chi connectivity index (χ1) is 11.7.